The molecule has 0 saturated heterocycles. The molecule has 2 nitrogen and oxygen atoms in total. The zero-order valence-electron chi connectivity index (χ0n) is 10.5. The van der Waals surface area contributed by atoms with Crippen molar-refractivity contribution in [3.8, 4) is 0 Å². The van der Waals surface area contributed by atoms with Gasteiger partial charge in [-0.3, -0.25) is 0 Å². The molecule has 0 spiro atoms. The van der Waals surface area contributed by atoms with Crippen molar-refractivity contribution >= 4 is 21.6 Å². The maximum atomic E-state index is 5.79. The molecule has 0 aromatic heterocycles. The average Bonchev–Trinajstić information content (AvgIpc) is 2.26. The predicted octanol–water partition coefficient (Wildman–Crippen LogP) is 3.39. The SMILES string of the molecule is CC(C)C(C)N(C)c1ccc(Br)cc1CN. The Morgan fingerprint density at radius 3 is 2.44 bits per heavy atom. The summed E-state index contributed by atoms with van der Waals surface area (Å²) in [6, 6.07) is 6.80. The van der Waals surface area contributed by atoms with E-state index in [4.69, 9.17) is 5.73 Å². The van der Waals surface area contributed by atoms with Gasteiger partial charge in [0.05, 0.1) is 0 Å². The lowest BCUT2D eigenvalue weighted by Crippen LogP contribution is -2.34. The lowest BCUT2D eigenvalue weighted by atomic mass is 10.0. The molecular formula is C13H21BrN2. The molecule has 0 radical (unpaired) electrons. The zero-order chi connectivity index (χ0) is 12.3. The van der Waals surface area contributed by atoms with Gasteiger partial charge < -0.3 is 10.6 Å². The molecule has 16 heavy (non-hydrogen) atoms. The molecule has 0 bridgehead atoms. The highest BCUT2D eigenvalue weighted by Gasteiger charge is 2.15. The fourth-order valence-corrected chi connectivity index (χ4v) is 2.14. The highest BCUT2D eigenvalue weighted by atomic mass is 79.9. The van der Waals surface area contributed by atoms with Gasteiger partial charge in [0.15, 0.2) is 0 Å². The van der Waals surface area contributed by atoms with Crippen LogP contribution in [0.3, 0.4) is 0 Å². The van der Waals surface area contributed by atoms with Crippen molar-refractivity contribution in [2.75, 3.05) is 11.9 Å². The van der Waals surface area contributed by atoms with Gasteiger partial charge in [-0.1, -0.05) is 29.8 Å². The standard InChI is InChI=1S/C13H21BrN2/c1-9(2)10(3)16(4)13-6-5-12(14)7-11(13)8-15/h5-7,9-10H,8,15H2,1-4H3. The van der Waals surface area contributed by atoms with Crippen LogP contribution in [0.5, 0.6) is 0 Å². The molecule has 0 aliphatic rings. The Kier molecular flexibility index (Phi) is 4.81. The van der Waals surface area contributed by atoms with Crippen molar-refractivity contribution in [2.24, 2.45) is 11.7 Å². The molecule has 0 heterocycles. The number of halogens is 1. The molecule has 1 aromatic carbocycles. The van der Waals surface area contributed by atoms with Crippen molar-refractivity contribution in [1.82, 2.24) is 0 Å². The largest absolute Gasteiger partial charge is 0.371 e. The molecule has 0 saturated carbocycles. The van der Waals surface area contributed by atoms with E-state index in [0.29, 0.717) is 18.5 Å². The van der Waals surface area contributed by atoms with Gasteiger partial charge in [0.2, 0.25) is 0 Å². The number of nitrogens with two attached hydrogens (primary N) is 1. The van der Waals surface area contributed by atoms with E-state index in [1.807, 2.05) is 0 Å². The number of hydrogen-bond donors (Lipinski definition) is 1. The van der Waals surface area contributed by atoms with Crippen LogP contribution in [-0.2, 0) is 6.54 Å². The third-order valence-corrected chi connectivity index (χ3v) is 3.71. The van der Waals surface area contributed by atoms with Crippen LogP contribution in [0.4, 0.5) is 5.69 Å². The summed E-state index contributed by atoms with van der Waals surface area (Å²) < 4.78 is 1.09. The fraction of sp³-hybridized carbons (Fsp3) is 0.538. The van der Waals surface area contributed by atoms with Gasteiger partial charge in [-0.05, 0) is 36.6 Å². The topological polar surface area (TPSA) is 29.3 Å². The Bertz CT molecular complexity index is 350. The molecule has 1 rings (SSSR count). The summed E-state index contributed by atoms with van der Waals surface area (Å²) in [5.41, 5.74) is 8.20. The molecule has 0 aliphatic heterocycles. The molecule has 3 heteroatoms. The molecule has 0 aliphatic carbocycles. The summed E-state index contributed by atoms with van der Waals surface area (Å²) in [5, 5.41) is 0. The van der Waals surface area contributed by atoms with Crippen molar-refractivity contribution < 1.29 is 0 Å². The monoisotopic (exact) mass is 284 g/mol. The zero-order valence-corrected chi connectivity index (χ0v) is 12.1. The van der Waals surface area contributed by atoms with Crippen LogP contribution in [0.15, 0.2) is 22.7 Å². The van der Waals surface area contributed by atoms with Gasteiger partial charge in [-0.25, -0.2) is 0 Å². The fourth-order valence-electron chi connectivity index (χ4n) is 1.73. The third-order valence-electron chi connectivity index (χ3n) is 3.22. The van der Waals surface area contributed by atoms with Crippen LogP contribution in [0.1, 0.15) is 26.3 Å². The number of hydrogen-bond acceptors (Lipinski definition) is 2. The van der Waals surface area contributed by atoms with Gasteiger partial charge in [0.25, 0.3) is 0 Å². The summed E-state index contributed by atoms with van der Waals surface area (Å²) in [6.45, 7) is 7.29. The maximum absolute atomic E-state index is 5.79. The molecule has 0 fully saturated rings. The van der Waals surface area contributed by atoms with Crippen LogP contribution < -0.4 is 10.6 Å². The molecule has 1 unspecified atom stereocenters. The second-order valence-corrected chi connectivity index (χ2v) is 5.49. The van der Waals surface area contributed by atoms with Gasteiger partial charge in [0, 0.05) is 29.8 Å². The van der Waals surface area contributed by atoms with Crippen molar-refractivity contribution in [3.05, 3.63) is 28.2 Å². The lowest BCUT2D eigenvalue weighted by molar-refractivity contribution is 0.505. The van der Waals surface area contributed by atoms with E-state index in [1.54, 1.807) is 0 Å². The number of rotatable bonds is 4. The first-order valence-corrected chi connectivity index (χ1v) is 6.48. The van der Waals surface area contributed by atoms with E-state index in [1.165, 1.54) is 11.3 Å². The average molecular weight is 285 g/mol. The van der Waals surface area contributed by atoms with Crippen LogP contribution in [-0.4, -0.2) is 13.1 Å². The Hall–Kier alpha value is -0.540. The Labute approximate surface area is 107 Å². The predicted molar refractivity (Wildman–Crippen MR) is 74.7 cm³/mol. The van der Waals surface area contributed by atoms with Gasteiger partial charge in [0.1, 0.15) is 0 Å². The quantitative estimate of drug-likeness (QED) is 0.918. The highest BCUT2D eigenvalue weighted by molar-refractivity contribution is 9.10. The highest BCUT2D eigenvalue weighted by Crippen LogP contribution is 2.26. The minimum atomic E-state index is 0.506. The second kappa shape index (κ2) is 5.69. The van der Waals surface area contributed by atoms with Gasteiger partial charge >= 0.3 is 0 Å². The third kappa shape index (κ3) is 2.98. The minimum absolute atomic E-state index is 0.506. The van der Waals surface area contributed by atoms with E-state index in [2.05, 4.69) is 66.8 Å². The molecule has 1 atom stereocenters. The smallest absolute Gasteiger partial charge is 0.0412 e. The molecule has 0 amide bonds. The maximum Gasteiger partial charge on any atom is 0.0412 e. The van der Waals surface area contributed by atoms with Gasteiger partial charge in [-0.15, -0.1) is 0 Å². The van der Waals surface area contributed by atoms with Crippen LogP contribution in [0, 0.1) is 5.92 Å². The molecule has 2 N–H and O–H groups in total. The first-order valence-electron chi connectivity index (χ1n) is 5.68. The molecule has 1 aromatic rings. The van der Waals surface area contributed by atoms with Gasteiger partial charge in [-0.2, -0.15) is 0 Å². The summed E-state index contributed by atoms with van der Waals surface area (Å²) in [4.78, 5) is 2.30. The summed E-state index contributed by atoms with van der Waals surface area (Å²) in [6.07, 6.45) is 0. The van der Waals surface area contributed by atoms with Crippen LogP contribution in [0.2, 0.25) is 0 Å². The minimum Gasteiger partial charge on any atom is -0.371 e. The summed E-state index contributed by atoms with van der Waals surface area (Å²) in [7, 11) is 2.13. The second-order valence-electron chi connectivity index (χ2n) is 4.57. The Morgan fingerprint density at radius 2 is 1.94 bits per heavy atom. The molecular weight excluding hydrogens is 264 g/mol. The molecule has 90 valence electrons. The van der Waals surface area contributed by atoms with Crippen LogP contribution in [0.25, 0.3) is 0 Å². The van der Waals surface area contributed by atoms with Crippen LogP contribution >= 0.6 is 15.9 Å². The Balaban J connectivity index is 3.03. The van der Waals surface area contributed by atoms with Crippen molar-refractivity contribution in [2.45, 2.75) is 33.4 Å². The number of nitrogens with zero attached hydrogens (tertiary/aromatic N) is 1. The first-order chi connectivity index (χ1) is 7.47. The Morgan fingerprint density at radius 1 is 1.31 bits per heavy atom. The summed E-state index contributed by atoms with van der Waals surface area (Å²) >= 11 is 3.48. The number of anilines is 1. The van der Waals surface area contributed by atoms with Crippen molar-refractivity contribution in [1.29, 1.82) is 0 Å². The van der Waals surface area contributed by atoms with E-state index in [0.717, 1.165) is 4.47 Å². The van der Waals surface area contributed by atoms with E-state index in [9.17, 15) is 0 Å². The normalized spacial score (nSPS) is 12.9. The van der Waals surface area contributed by atoms with Crippen molar-refractivity contribution in [3.63, 3.8) is 0 Å². The van der Waals surface area contributed by atoms with E-state index >= 15 is 0 Å². The van der Waals surface area contributed by atoms with E-state index < -0.39 is 0 Å². The first kappa shape index (κ1) is 13.5. The lowest BCUT2D eigenvalue weighted by Gasteiger charge is -2.31. The van der Waals surface area contributed by atoms with E-state index in [-0.39, 0.29) is 0 Å². The summed E-state index contributed by atoms with van der Waals surface area (Å²) in [5.74, 6) is 0.624. The number of benzene rings is 1.